The number of amides is 1. The number of carbonyl (C=O) groups excluding carboxylic acids is 1. The van der Waals surface area contributed by atoms with Gasteiger partial charge in [0.2, 0.25) is 0 Å². The first-order valence-corrected chi connectivity index (χ1v) is 7.18. The highest BCUT2D eigenvalue weighted by molar-refractivity contribution is 5.93. The lowest BCUT2D eigenvalue weighted by Gasteiger charge is -2.21. The predicted molar refractivity (Wildman–Crippen MR) is 81.9 cm³/mol. The molecule has 9 heteroatoms. The number of hydrogen-bond acceptors (Lipinski definition) is 5. The van der Waals surface area contributed by atoms with Gasteiger partial charge in [0.1, 0.15) is 17.7 Å². The van der Waals surface area contributed by atoms with E-state index in [0.29, 0.717) is 0 Å². The third-order valence-corrected chi connectivity index (χ3v) is 3.64. The molecule has 120 valence electrons. The first kappa shape index (κ1) is 14.9. The second kappa shape index (κ2) is 5.67. The fraction of sp³-hybridized carbons (Fsp3) is 0.357. The number of aromatic nitrogens is 6. The number of carbonyl (C=O) groups is 1. The summed E-state index contributed by atoms with van der Waals surface area (Å²) in [6, 6.07) is -0.315. The van der Waals surface area contributed by atoms with Gasteiger partial charge in [0.15, 0.2) is 0 Å². The lowest BCUT2D eigenvalue weighted by molar-refractivity contribution is 0.0920. The highest BCUT2D eigenvalue weighted by Gasteiger charge is 2.24. The lowest BCUT2D eigenvalue weighted by Crippen LogP contribution is -2.37. The Balaban J connectivity index is 1.94. The van der Waals surface area contributed by atoms with Crippen molar-refractivity contribution >= 4 is 11.7 Å². The van der Waals surface area contributed by atoms with Gasteiger partial charge in [-0.3, -0.25) is 14.7 Å². The molecule has 0 fully saturated rings. The Morgan fingerprint density at radius 1 is 1.30 bits per heavy atom. The standard InChI is InChI=1S/C14H17N7O2/c1-8(2)10(11-15-4-5-20(11)3)19-12(22)9-6-16-14-17-7-18-21(14)13(9)23/h4-8,10H,1-3H3,(H,19,22)(H,16,17,18)/t10-/m1/s1. The van der Waals surface area contributed by atoms with Crippen LogP contribution in [0.4, 0.5) is 0 Å². The summed E-state index contributed by atoms with van der Waals surface area (Å²) in [6.45, 7) is 3.95. The quantitative estimate of drug-likeness (QED) is 0.718. The number of nitrogens with zero attached hydrogens (tertiary/aromatic N) is 5. The van der Waals surface area contributed by atoms with Crippen molar-refractivity contribution < 1.29 is 4.79 Å². The van der Waals surface area contributed by atoms with E-state index in [-0.39, 0.29) is 23.3 Å². The zero-order valence-electron chi connectivity index (χ0n) is 13.0. The van der Waals surface area contributed by atoms with Gasteiger partial charge in [-0.1, -0.05) is 13.8 Å². The highest BCUT2D eigenvalue weighted by Crippen LogP contribution is 2.19. The van der Waals surface area contributed by atoms with Crippen molar-refractivity contribution in [2.45, 2.75) is 19.9 Å². The summed E-state index contributed by atoms with van der Waals surface area (Å²) >= 11 is 0. The van der Waals surface area contributed by atoms with Crippen LogP contribution in [0.25, 0.3) is 5.78 Å². The summed E-state index contributed by atoms with van der Waals surface area (Å²) < 4.78 is 2.97. The van der Waals surface area contributed by atoms with Crippen LogP contribution in [0.5, 0.6) is 0 Å². The highest BCUT2D eigenvalue weighted by atomic mass is 16.2. The smallest absolute Gasteiger partial charge is 0.286 e. The SMILES string of the molecule is CC(C)[C@@H](NC(=O)c1cnc2nc[nH]n2c1=O)c1nccn1C. The molecule has 0 radical (unpaired) electrons. The Labute approximate surface area is 131 Å². The number of aromatic amines is 1. The van der Waals surface area contributed by atoms with Crippen LogP contribution in [0.2, 0.25) is 0 Å². The van der Waals surface area contributed by atoms with E-state index in [9.17, 15) is 9.59 Å². The van der Waals surface area contributed by atoms with E-state index in [2.05, 4.69) is 25.4 Å². The molecule has 0 aliphatic rings. The van der Waals surface area contributed by atoms with Crippen LogP contribution in [0.15, 0.2) is 29.7 Å². The molecular weight excluding hydrogens is 298 g/mol. The number of fused-ring (bicyclic) bond motifs is 1. The van der Waals surface area contributed by atoms with Crippen LogP contribution in [-0.4, -0.2) is 35.0 Å². The predicted octanol–water partition coefficient (Wildman–Crippen LogP) is 0.278. The third kappa shape index (κ3) is 2.60. The van der Waals surface area contributed by atoms with Crippen molar-refractivity contribution in [2.24, 2.45) is 13.0 Å². The van der Waals surface area contributed by atoms with E-state index in [1.54, 1.807) is 6.20 Å². The van der Waals surface area contributed by atoms with E-state index in [1.165, 1.54) is 12.5 Å². The van der Waals surface area contributed by atoms with Gasteiger partial charge in [0.25, 0.3) is 17.2 Å². The second-order valence-electron chi connectivity index (χ2n) is 5.59. The normalized spacial score (nSPS) is 12.7. The molecule has 9 nitrogen and oxygen atoms in total. The summed E-state index contributed by atoms with van der Waals surface area (Å²) in [4.78, 5) is 37.0. The van der Waals surface area contributed by atoms with E-state index in [0.717, 1.165) is 10.3 Å². The van der Waals surface area contributed by atoms with Gasteiger partial charge in [0, 0.05) is 25.6 Å². The van der Waals surface area contributed by atoms with E-state index >= 15 is 0 Å². The van der Waals surface area contributed by atoms with Gasteiger partial charge >= 0.3 is 0 Å². The maximum atomic E-state index is 12.5. The van der Waals surface area contributed by atoms with Crippen molar-refractivity contribution in [3.05, 3.63) is 46.7 Å². The Morgan fingerprint density at radius 2 is 2.09 bits per heavy atom. The molecule has 1 amide bonds. The molecular formula is C14H17N7O2. The molecule has 0 aromatic carbocycles. The number of nitrogens with one attached hydrogen (secondary N) is 2. The number of rotatable bonds is 4. The van der Waals surface area contributed by atoms with Crippen molar-refractivity contribution in [1.82, 2.24) is 34.4 Å². The Bertz CT molecular complexity index is 905. The van der Waals surface area contributed by atoms with Gasteiger partial charge in [-0.05, 0) is 5.92 Å². The van der Waals surface area contributed by atoms with Gasteiger partial charge in [-0.15, -0.1) is 0 Å². The number of H-pyrrole nitrogens is 1. The zero-order chi connectivity index (χ0) is 16.6. The first-order chi connectivity index (χ1) is 11.0. The fourth-order valence-corrected chi connectivity index (χ4v) is 2.38. The average Bonchev–Trinajstić information content (AvgIpc) is 3.13. The monoisotopic (exact) mass is 315 g/mol. The molecule has 3 rings (SSSR count). The molecule has 2 N–H and O–H groups in total. The summed E-state index contributed by atoms with van der Waals surface area (Å²) in [5, 5.41) is 5.49. The molecule has 3 aromatic rings. The molecule has 0 bridgehead atoms. The summed E-state index contributed by atoms with van der Waals surface area (Å²) in [6.07, 6.45) is 6.06. The Hall–Kier alpha value is -2.97. The van der Waals surface area contributed by atoms with Crippen molar-refractivity contribution in [1.29, 1.82) is 0 Å². The average molecular weight is 315 g/mol. The molecule has 0 saturated carbocycles. The van der Waals surface area contributed by atoms with Gasteiger partial charge in [-0.25, -0.2) is 15.0 Å². The third-order valence-electron chi connectivity index (χ3n) is 3.64. The molecule has 1 atom stereocenters. The fourth-order valence-electron chi connectivity index (χ4n) is 2.38. The molecule has 0 saturated heterocycles. The summed E-state index contributed by atoms with van der Waals surface area (Å²) in [5.41, 5.74) is -0.543. The van der Waals surface area contributed by atoms with Gasteiger partial charge < -0.3 is 9.88 Å². The summed E-state index contributed by atoms with van der Waals surface area (Å²) in [5.74, 6) is 0.556. The minimum absolute atomic E-state index is 0.0494. The molecule has 0 spiro atoms. The van der Waals surface area contributed by atoms with Crippen LogP contribution in [-0.2, 0) is 7.05 Å². The largest absolute Gasteiger partial charge is 0.342 e. The van der Waals surface area contributed by atoms with Crippen LogP contribution in [0.1, 0.15) is 36.1 Å². The zero-order valence-corrected chi connectivity index (χ0v) is 13.0. The molecule has 0 unspecified atom stereocenters. The van der Waals surface area contributed by atoms with Gasteiger partial charge in [0.05, 0.1) is 6.04 Å². The van der Waals surface area contributed by atoms with Crippen LogP contribution in [0.3, 0.4) is 0 Å². The molecule has 0 aliphatic carbocycles. The van der Waals surface area contributed by atoms with Crippen molar-refractivity contribution in [3.8, 4) is 0 Å². The topological polar surface area (TPSA) is 110 Å². The maximum absolute atomic E-state index is 12.5. The maximum Gasteiger partial charge on any atom is 0.286 e. The molecule has 0 aliphatic heterocycles. The van der Waals surface area contributed by atoms with Crippen molar-refractivity contribution in [3.63, 3.8) is 0 Å². The first-order valence-electron chi connectivity index (χ1n) is 7.18. The second-order valence-corrected chi connectivity index (χ2v) is 5.59. The molecule has 23 heavy (non-hydrogen) atoms. The number of aryl methyl sites for hydroxylation is 1. The van der Waals surface area contributed by atoms with E-state index in [1.807, 2.05) is 31.7 Å². The van der Waals surface area contributed by atoms with E-state index in [4.69, 9.17) is 0 Å². The molecule has 3 heterocycles. The van der Waals surface area contributed by atoms with Crippen LogP contribution >= 0.6 is 0 Å². The van der Waals surface area contributed by atoms with Crippen molar-refractivity contribution in [2.75, 3.05) is 0 Å². The number of hydrogen-bond donors (Lipinski definition) is 2. The number of imidazole rings is 1. The van der Waals surface area contributed by atoms with E-state index < -0.39 is 11.5 Å². The van der Waals surface area contributed by atoms with Crippen LogP contribution in [0, 0.1) is 5.92 Å². The van der Waals surface area contributed by atoms with Gasteiger partial charge in [-0.2, -0.15) is 4.52 Å². The Morgan fingerprint density at radius 3 is 2.74 bits per heavy atom. The Kier molecular flexibility index (Phi) is 3.68. The summed E-state index contributed by atoms with van der Waals surface area (Å²) in [7, 11) is 1.86. The van der Waals surface area contributed by atoms with Crippen LogP contribution < -0.4 is 10.9 Å². The lowest BCUT2D eigenvalue weighted by atomic mass is 10.0. The molecule has 3 aromatic heterocycles. The minimum Gasteiger partial charge on any atom is -0.342 e. The minimum atomic E-state index is -0.493.